The third kappa shape index (κ3) is 5.29. The molecule has 0 amide bonds. The molecule has 0 aliphatic heterocycles. The molecular weight excluding hydrogens is 357 g/mol. The maximum atomic E-state index is 13.5. The molecule has 0 N–H and O–H groups in total. The molecule has 0 aromatic heterocycles. The van der Waals surface area contributed by atoms with Crippen molar-refractivity contribution in [2.24, 2.45) is 0 Å². The minimum Gasteiger partial charge on any atom is -0.489 e. The van der Waals surface area contributed by atoms with Crippen molar-refractivity contribution in [3.05, 3.63) is 101 Å². The number of ether oxygens (including phenoxy) is 2. The number of nitrogens with zero attached hydrogens (tertiary/aromatic N) is 1. The van der Waals surface area contributed by atoms with Gasteiger partial charge < -0.3 is 9.47 Å². The Morgan fingerprint density at radius 3 is 2.39 bits per heavy atom. The molecule has 0 radical (unpaired) electrons. The first kappa shape index (κ1) is 18.9. The fraction of sp³-hybridized carbons (Fsp3) is 0.0435. The Morgan fingerprint density at radius 1 is 1.00 bits per heavy atom. The molecule has 3 rings (SSSR count). The van der Waals surface area contributed by atoms with Crippen molar-refractivity contribution in [3.8, 4) is 17.6 Å². The van der Waals surface area contributed by atoms with Gasteiger partial charge in [-0.05, 0) is 41.5 Å². The predicted molar refractivity (Wildman–Crippen MR) is 103 cm³/mol. The van der Waals surface area contributed by atoms with Gasteiger partial charge in [-0.3, -0.25) is 0 Å². The highest BCUT2D eigenvalue weighted by atomic mass is 19.1. The fourth-order valence-corrected chi connectivity index (χ4v) is 2.38. The molecule has 138 valence electrons. The van der Waals surface area contributed by atoms with Crippen molar-refractivity contribution >= 4 is 12.0 Å². The Labute approximate surface area is 162 Å². The highest BCUT2D eigenvalue weighted by Gasteiger charge is 2.06. The molecule has 0 unspecified atom stereocenters. The number of hydrogen-bond donors (Lipinski definition) is 0. The third-order valence-corrected chi connectivity index (χ3v) is 3.82. The summed E-state index contributed by atoms with van der Waals surface area (Å²) in [5.74, 6) is -0.621. The summed E-state index contributed by atoms with van der Waals surface area (Å²) in [6.45, 7) is 0.476. The Kier molecular flexibility index (Phi) is 6.17. The average Bonchev–Trinajstić information content (AvgIpc) is 2.72. The van der Waals surface area contributed by atoms with E-state index < -0.39 is 11.8 Å². The first-order valence-corrected chi connectivity index (χ1v) is 8.50. The van der Waals surface area contributed by atoms with Crippen LogP contribution in [0, 0.1) is 17.1 Å². The fourth-order valence-electron chi connectivity index (χ4n) is 2.38. The van der Waals surface area contributed by atoms with E-state index in [0.29, 0.717) is 6.61 Å². The number of carbonyl (C=O) groups is 1. The second kappa shape index (κ2) is 9.15. The van der Waals surface area contributed by atoms with Gasteiger partial charge in [0.25, 0.3) is 0 Å². The monoisotopic (exact) mass is 373 g/mol. The van der Waals surface area contributed by atoms with Gasteiger partial charge in [0.1, 0.15) is 30.0 Å². The van der Waals surface area contributed by atoms with Gasteiger partial charge in [0.15, 0.2) is 0 Å². The summed E-state index contributed by atoms with van der Waals surface area (Å²) < 4.78 is 24.3. The van der Waals surface area contributed by atoms with Crippen LogP contribution in [0.1, 0.15) is 16.7 Å². The smallest absolute Gasteiger partial charge is 0.336 e. The Hall–Kier alpha value is -3.91. The maximum absolute atomic E-state index is 13.5. The molecule has 28 heavy (non-hydrogen) atoms. The second-order valence-electron chi connectivity index (χ2n) is 5.85. The van der Waals surface area contributed by atoms with Gasteiger partial charge >= 0.3 is 5.97 Å². The summed E-state index contributed by atoms with van der Waals surface area (Å²) in [7, 11) is 0. The number of rotatable bonds is 6. The first-order chi connectivity index (χ1) is 13.6. The number of hydrogen-bond acceptors (Lipinski definition) is 4. The number of carbonyl (C=O) groups excluding carboxylic acids is 1. The van der Waals surface area contributed by atoms with Crippen LogP contribution in [0.25, 0.3) is 6.08 Å². The van der Waals surface area contributed by atoms with E-state index in [0.717, 1.165) is 22.9 Å². The highest BCUT2D eigenvalue weighted by Crippen LogP contribution is 2.17. The van der Waals surface area contributed by atoms with Crippen LogP contribution in [0.3, 0.4) is 0 Å². The van der Waals surface area contributed by atoms with Gasteiger partial charge in [-0.2, -0.15) is 5.26 Å². The van der Waals surface area contributed by atoms with Crippen molar-refractivity contribution < 1.29 is 18.7 Å². The van der Waals surface area contributed by atoms with E-state index in [4.69, 9.17) is 14.7 Å². The molecule has 0 aliphatic carbocycles. The van der Waals surface area contributed by atoms with Crippen LogP contribution >= 0.6 is 0 Å². The van der Waals surface area contributed by atoms with Gasteiger partial charge in [-0.1, -0.05) is 42.5 Å². The van der Waals surface area contributed by atoms with Crippen LogP contribution in [-0.2, 0) is 11.4 Å². The lowest BCUT2D eigenvalue weighted by Gasteiger charge is -2.06. The van der Waals surface area contributed by atoms with Crippen LogP contribution in [0.4, 0.5) is 4.39 Å². The van der Waals surface area contributed by atoms with E-state index in [2.05, 4.69) is 0 Å². The molecule has 0 saturated carbocycles. The minimum absolute atomic E-state index is 0.0378. The topological polar surface area (TPSA) is 59.3 Å². The summed E-state index contributed by atoms with van der Waals surface area (Å²) in [6.07, 6.45) is 2.83. The van der Waals surface area contributed by atoms with Crippen molar-refractivity contribution in [2.45, 2.75) is 6.61 Å². The second-order valence-corrected chi connectivity index (χ2v) is 5.85. The molecule has 0 fully saturated rings. The molecule has 0 bridgehead atoms. The van der Waals surface area contributed by atoms with Crippen molar-refractivity contribution in [1.82, 2.24) is 0 Å². The molecule has 0 spiro atoms. The summed E-state index contributed by atoms with van der Waals surface area (Å²) in [5, 5.41) is 8.69. The Morgan fingerprint density at radius 2 is 1.71 bits per heavy atom. The third-order valence-electron chi connectivity index (χ3n) is 3.82. The zero-order valence-electron chi connectivity index (χ0n) is 14.8. The lowest BCUT2D eigenvalue weighted by molar-refractivity contribution is -0.128. The molecule has 0 aliphatic rings. The first-order valence-electron chi connectivity index (χ1n) is 8.50. The van der Waals surface area contributed by atoms with Gasteiger partial charge in [0, 0.05) is 12.1 Å². The summed E-state index contributed by atoms with van der Waals surface area (Å²) in [6, 6.07) is 22.4. The van der Waals surface area contributed by atoms with Crippen molar-refractivity contribution in [3.63, 3.8) is 0 Å². The Bertz CT molecular complexity index is 1020. The minimum atomic E-state index is -0.733. The van der Waals surface area contributed by atoms with Crippen LogP contribution in [0.15, 0.2) is 78.9 Å². The summed E-state index contributed by atoms with van der Waals surface area (Å²) in [5.41, 5.74) is 1.76. The van der Waals surface area contributed by atoms with Gasteiger partial charge in [0.05, 0.1) is 5.56 Å². The van der Waals surface area contributed by atoms with E-state index in [-0.39, 0.29) is 11.3 Å². The lowest BCUT2D eigenvalue weighted by Crippen LogP contribution is -2.04. The van der Waals surface area contributed by atoms with Crippen LogP contribution in [0.5, 0.6) is 11.5 Å². The van der Waals surface area contributed by atoms with E-state index in [1.54, 1.807) is 12.1 Å². The van der Waals surface area contributed by atoms with E-state index in [1.165, 1.54) is 18.2 Å². The maximum Gasteiger partial charge on any atom is 0.336 e. The SMILES string of the molecule is N#Cc1ccc(OC(=O)/C=C/c2ccc(OCc3ccccc3)cc2)cc1F. The largest absolute Gasteiger partial charge is 0.489 e. The molecule has 5 heteroatoms. The summed E-state index contributed by atoms with van der Waals surface area (Å²) in [4.78, 5) is 11.9. The lowest BCUT2D eigenvalue weighted by atomic mass is 10.2. The molecular formula is C23H16FNO3. The van der Waals surface area contributed by atoms with E-state index in [9.17, 15) is 9.18 Å². The molecule has 0 heterocycles. The Balaban J connectivity index is 1.54. The van der Waals surface area contributed by atoms with Crippen LogP contribution in [0.2, 0.25) is 0 Å². The standard InChI is InChI=1S/C23H16FNO3/c24-22-14-21(12-9-19(22)15-25)28-23(26)13-8-17-6-10-20(11-7-17)27-16-18-4-2-1-3-5-18/h1-14H,16H2/b13-8+. The van der Waals surface area contributed by atoms with E-state index in [1.807, 2.05) is 54.6 Å². The average molecular weight is 373 g/mol. The van der Waals surface area contributed by atoms with Gasteiger partial charge in [-0.25, -0.2) is 9.18 Å². The molecule has 0 atom stereocenters. The van der Waals surface area contributed by atoms with Crippen LogP contribution in [-0.4, -0.2) is 5.97 Å². The van der Waals surface area contributed by atoms with Gasteiger partial charge in [-0.15, -0.1) is 0 Å². The zero-order chi connectivity index (χ0) is 19.8. The predicted octanol–water partition coefficient (Wildman–Crippen LogP) is 4.90. The zero-order valence-corrected chi connectivity index (χ0v) is 14.8. The molecule has 3 aromatic rings. The molecule has 3 aromatic carbocycles. The number of benzene rings is 3. The number of esters is 1. The number of halogens is 1. The summed E-state index contributed by atoms with van der Waals surface area (Å²) >= 11 is 0. The highest BCUT2D eigenvalue weighted by molar-refractivity contribution is 5.88. The van der Waals surface area contributed by atoms with Crippen LogP contribution < -0.4 is 9.47 Å². The van der Waals surface area contributed by atoms with Crippen molar-refractivity contribution in [2.75, 3.05) is 0 Å². The normalized spacial score (nSPS) is 10.4. The van der Waals surface area contributed by atoms with Gasteiger partial charge in [0.2, 0.25) is 0 Å². The number of nitriles is 1. The molecule has 0 saturated heterocycles. The quantitative estimate of drug-likeness (QED) is 0.350. The van der Waals surface area contributed by atoms with E-state index >= 15 is 0 Å². The van der Waals surface area contributed by atoms with Crippen molar-refractivity contribution in [1.29, 1.82) is 5.26 Å². The molecule has 4 nitrogen and oxygen atoms in total.